The number of aliphatic imine (C=N–C) groups is 1. The maximum absolute atomic E-state index is 5.44. The summed E-state index contributed by atoms with van der Waals surface area (Å²) in [5, 5.41) is 8.89. The van der Waals surface area contributed by atoms with E-state index in [-0.39, 0.29) is 5.41 Å². The summed E-state index contributed by atoms with van der Waals surface area (Å²) in [6.45, 7) is 8.36. The normalized spacial score (nSPS) is 12.4. The first-order valence-corrected chi connectivity index (χ1v) is 9.03. The highest BCUT2D eigenvalue weighted by atomic mass is 32.1. The summed E-state index contributed by atoms with van der Waals surface area (Å²) in [5.41, 5.74) is 0.0982. The predicted molar refractivity (Wildman–Crippen MR) is 98.6 cm³/mol. The van der Waals surface area contributed by atoms with Crippen LogP contribution in [0.1, 0.15) is 31.6 Å². The zero-order valence-corrected chi connectivity index (χ0v) is 15.7. The molecule has 0 saturated carbocycles. The second-order valence-electron chi connectivity index (χ2n) is 6.03. The van der Waals surface area contributed by atoms with Crippen molar-refractivity contribution in [1.82, 2.24) is 10.6 Å². The quantitative estimate of drug-likeness (QED) is 0.369. The molecule has 0 aliphatic rings. The first-order valence-electron chi connectivity index (χ1n) is 8.15. The number of nitrogens with zero attached hydrogens (tertiary/aromatic N) is 1. The Morgan fingerprint density at radius 3 is 2.70 bits per heavy atom. The Balaban J connectivity index is 2.15. The number of methoxy groups -OCH3 is 1. The molecule has 2 N–H and O–H groups in total. The average molecular weight is 342 g/mol. The molecule has 23 heavy (non-hydrogen) atoms. The summed E-state index contributed by atoms with van der Waals surface area (Å²) < 4.78 is 10.4. The highest BCUT2D eigenvalue weighted by molar-refractivity contribution is 7.10. The number of thiophene rings is 1. The van der Waals surface area contributed by atoms with Crippen LogP contribution in [0.3, 0.4) is 0 Å². The van der Waals surface area contributed by atoms with E-state index in [1.807, 2.05) is 0 Å². The van der Waals surface area contributed by atoms with Crippen molar-refractivity contribution in [2.45, 2.75) is 32.1 Å². The van der Waals surface area contributed by atoms with Crippen LogP contribution in [-0.4, -0.2) is 53.0 Å². The summed E-state index contributed by atoms with van der Waals surface area (Å²) in [6.07, 6.45) is 2.09. The van der Waals surface area contributed by atoms with Gasteiger partial charge in [0.15, 0.2) is 5.96 Å². The molecule has 0 unspecified atom stereocenters. The van der Waals surface area contributed by atoms with Gasteiger partial charge in [-0.15, -0.1) is 11.3 Å². The summed E-state index contributed by atoms with van der Waals surface area (Å²) in [7, 11) is 3.49. The fourth-order valence-electron chi connectivity index (χ4n) is 2.06. The third kappa shape index (κ3) is 8.34. The molecule has 0 saturated heterocycles. The van der Waals surface area contributed by atoms with Crippen molar-refractivity contribution >= 4 is 17.3 Å². The zero-order chi connectivity index (χ0) is 17.0. The fraction of sp³-hybridized carbons (Fsp3) is 0.706. The van der Waals surface area contributed by atoms with Gasteiger partial charge in [0.2, 0.25) is 0 Å². The van der Waals surface area contributed by atoms with Crippen molar-refractivity contribution in [2.75, 3.05) is 47.1 Å². The molecule has 1 rings (SSSR count). The number of ether oxygens (including phenoxy) is 2. The molecule has 1 aromatic rings. The number of rotatable bonds is 11. The number of guanidine groups is 1. The van der Waals surface area contributed by atoms with E-state index in [0.717, 1.165) is 38.5 Å². The predicted octanol–water partition coefficient (Wildman–Crippen LogP) is 2.63. The van der Waals surface area contributed by atoms with Gasteiger partial charge in [0, 0.05) is 44.1 Å². The monoisotopic (exact) mass is 341 g/mol. The minimum atomic E-state index is 0.0982. The van der Waals surface area contributed by atoms with Gasteiger partial charge in [0.05, 0.1) is 13.2 Å². The van der Waals surface area contributed by atoms with Gasteiger partial charge in [-0.1, -0.05) is 19.9 Å². The first kappa shape index (κ1) is 19.9. The smallest absolute Gasteiger partial charge is 0.191 e. The van der Waals surface area contributed by atoms with Crippen LogP contribution in [0.2, 0.25) is 0 Å². The zero-order valence-electron chi connectivity index (χ0n) is 14.9. The Kier molecular flexibility index (Phi) is 9.91. The van der Waals surface area contributed by atoms with Gasteiger partial charge in [0.25, 0.3) is 0 Å². The van der Waals surface area contributed by atoms with Crippen LogP contribution in [0.5, 0.6) is 0 Å². The number of nitrogens with one attached hydrogen (secondary N) is 2. The highest BCUT2D eigenvalue weighted by Crippen LogP contribution is 2.26. The van der Waals surface area contributed by atoms with E-state index in [1.54, 1.807) is 25.5 Å². The lowest BCUT2D eigenvalue weighted by Crippen LogP contribution is -2.43. The largest absolute Gasteiger partial charge is 0.382 e. The summed E-state index contributed by atoms with van der Waals surface area (Å²) >= 11 is 1.80. The lowest BCUT2D eigenvalue weighted by molar-refractivity contribution is 0.0689. The van der Waals surface area contributed by atoms with Gasteiger partial charge < -0.3 is 20.1 Å². The lowest BCUT2D eigenvalue weighted by atomic mass is 9.91. The molecule has 0 aliphatic heterocycles. The van der Waals surface area contributed by atoms with Crippen LogP contribution in [-0.2, 0) is 14.9 Å². The van der Waals surface area contributed by atoms with Crippen molar-refractivity contribution in [3.05, 3.63) is 22.4 Å². The molecular weight excluding hydrogens is 310 g/mol. The van der Waals surface area contributed by atoms with Gasteiger partial charge >= 0.3 is 0 Å². The van der Waals surface area contributed by atoms with Gasteiger partial charge in [-0.25, -0.2) is 0 Å². The minimum Gasteiger partial charge on any atom is -0.382 e. The van der Waals surface area contributed by atoms with Gasteiger partial charge in [-0.3, -0.25) is 4.99 Å². The second kappa shape index (κ2) is 11.4. The molecule has 0 atom stereocenters. The van der Waals surface area contributed by atoms with E-state index in [0.29, 0.717) is 13.2 Å². The summed E-state index contributed by atoms with van der Waals surface area (Å²) in [4.78, 5) is 5.66. The molecule has 6 heteroatoms. The summed E-state index contributed by atoms with van der Waals surface area (Å²) in [5.74, 6) is 0.856. The number of hydrogen-bond donors (Lipinski definition) is 2. The molecule has 5 nitrogen and oxygen atoms in total. The van der Waals surface area contributed by atoms with Crippen LogP contribution in [0.25, 0.3) is 0 Å². The third-order valence-electron chi connectivity index (χ3n) is 3.55. The number of hydrogen-bond acceptors (Lipinski definition) is 4. The standard InChI is InChI=1S/C17H31N3O2S/c1-17(2,15-8-7-13-23-15)14-20-16(18-3)19-9-5-6-10-22-12-11-21-4/h7-8,13H,5-6,9-12,14H2,1-4H3,(H2,18,19,20). The summed E-state index contributed by atoms with van der Waals surface area (Å²) in [6, 6.07) is 4.29. The van der Waals surface area contributed by atoms with Crippen LogP contribution in [0, 0.1) is 0 Å². The van der Waals surface area contributed by atoms with Gasteiger partial charge in [0.1, 0.15) is 0 Å². The first-order chi connectivity index (χ1) is 11.1. The van der Waals surface area contributed by atoms with Crippen molar-refractivity contribution in [3.63, 3.8) is 0 Å². The van der Waals surface area contributed by atoms with E-state index >= 15 is 0 Å². The molecule has 0 bridgehead atoms. The van der Waals surface area contributed by atoms with Crippen LogP contribution in [0.4, 0.5) is 0 Å². The molecule has 0 amide bonds. The highest BCUT2D eigenvalue weighted by Gasteiger charge is 2.21. The van der Waals surface area contributed by atoms with Gasteiger partial charge in [-0.2, -0.15) is 0 Å². The minimum absolute atomic E-state index is 0.0982. The fourth-order valence-corrected chi connectivity index (χ4v) is 2.91. The second-order valence-corrected chi connectivity index (χ2v) is 6.97. The van der Waals surface area contributed by atoms with Crippen LogP contribution >= 0.6 is 11.3 Å². The average Bonchev–Trinajstić information content (AvgIpc) is 3.08. The molecular formula is C17H31N3O2S. The molecule has 0 radical (unpaired) electrons. The topological polar surface area (TPSA) is 54.9 Å². The van der Waals surface area contributed by atoms with E-state index in [9.17, 15) is 0 Å². The van der Waals surface area contributed by atoms with Crippen molar-refractivity contribution in [3.8, 4) is 0 Å². The van der Waals surface area contributed by atoms with Crippen LogP contribution < -0.4 is 10.6 Å². The molecule has 1 heterocycles. The van der Waals surface area contributed by atoms with E-state index < -0.39 is 0 Å². The molecule has 132 valence electrons. The molecule has 0 spiro atoms. The maximum Gasteiger partial charge on any atom is 0.191 e. The Hall–Kier alpha value is -1.11. The maximum atomic E-state index is 5.44. The molecule has 0 aromatic carbocycles. The lowest BCUT2D eigenvalue weighted by Gasteiger charge is -2.25. The Morgan fingerprint density at radius 2 is 2.04 bits per heavy atom. The Morgan fingerprint density at radius 1 is 1.22 bits per heavy atom. The van der Waals surface area contributed by atoms with Crippen LogP contribution in [0.15, 0.2) is 22.5 Å². The third-order valence-corrected chi connectivity index (χ3v) is 4.79. The van der Waals surface area contributed by atoms with Crippen molar-refractivity contribution < 1.29 is 9.47 Å². The van der Waals surface area contributed by atoms with E-state index in [2.05, 4.69) is 47.0 Å². The Labute approximate surface area is 144 Å². The van der Waals surface area contributed by atoms with Crippen molar-refractivity contribution in [1.29, 1.82) is 0 Å². The van der Waals surface area contributed by atoms with Crippen molar-refractivity contribution in [2.24, 2.45) is 4.99 Å². The molecule has 0 aliphatic carbocycles. The number of unbranched alkanes of at least 4 members (excludes halogenated alkanes) is 1. The Bertz CT molecular complexity index is 433. The molecule has 0 fully saturated rings. The van der Waals surface area contributed by atoms with E-state index in [1.165, 1.54) is 4.88 Å². The SMILES string of the molecule is CN=C(NCCCCOCCOC)NCC(C)(C)c1cccs1. The van der Waals surface area contributed by atoms with Gasteiger partial charge in [-0.05, 0) is 24.3 Å². The molecule has 1 aromatic heterocycles. The van der Waals surface area contributed by atoms with E-state index in [4.69, 9.17) is 9.47 Å².